The molecule has 1 rings (SSSR count). The Kier molecular flexibility index (Phi) is 3.64. The van der Waals surface area contributed by atoms with Gasteiger partial charge in [-0.05, 0) is 6.92 Å². The molecule has 1 amide bonds. The average molecular weight is 231 g/mol. The molecule has 3 N–H and O–H groups in total. The molecule has 0 aliphatic carbocycles. The molecule has 82 valence electrons. The van der Waals surface area contributed by atoms with Gasteiger partial charge < -0.3 is 20.2 Å². The number of hydrazine groups is 1. The Balaban J connectivity index is 3.26. The van der Waals surface area contributed by atoms with Gasteiger partial charge in [0.15, 0.2) is 11.0 Å². The van der Waals surface area contributed by atoms with E-state index in [9.17, 15) is 9.90 Å². The zero-order valence-corrected chi connectivity index (χ0v) is 8.65. The van der Waals surface area contributed by atoms with Crippen LogP contribution in [0.3, 0.4) is 0 Å². The van der Waals surface area contributed by atoms with E-state index in [2.05, 4.69) is 15.4 Å². The number of carboxylic acid groups (broad SMARTS) is 1. The standard InChI is InChI=1S/C7H10ClN5O2/c1-2-13(7(14)15)4-5(8)10-3-11-6(4)12-9/h3H,2,9H2,1H3,(H,14,15)(H,10,11,12)/p-1. The summed E-state index contributed by atoms with van der Waals surface area (Å²) in [5.41, 5.74) is 2.32. The largest absolute Gasteiger partial charge is 0.530 e. The van der Waals surface area contributed by atoms with E-state index in [0.717, 1.165) is 4.90 Å². The fourth-order valence-corrected chi connectivity index (χ4v) is 1.32. The molecule has 0 fully saturated rings. The van der Waals surface area contributed by atoms with E-state index >= 15 is 0 Å². The van der Waals surface area contributed by atoms with Gasteiger partial charge in [-0.2, -0.15) is 0 Å². The van der Waals surface area contributed by atoms with Gasteiger partial charge in [0.2, 0.25) is 0 Å². The third-order valence-electron chi connectivity index (χ3n) is 1.72. The number of nitrogens with one attached hydrogen (secondary N) is 1. The summed E-state index contributed by atoms with van der Waals surface area (Å²) in [5.74, 6) is 5.30. The molecule has 0 atom stereocenters. The molecule has 0 aliphatic heterocycles. The van der Waals surface area contributed by atoms with Crippen LogP contribution < -0.4 is 21.3 Å². The highest BCUT2D eigenvalue weighted by Crippen LogP contribution is 2.29. The van der Waals surface area contributed by atoms with Crippen molar-refractivity contribution in [1.82, 2.24) is 9.97 Å². The molecule has 1 aromatic rings. The van der Waals surface area contributed by atoms with E-state index in [1.165, 1.54) is 6.33 Å². The number of halogens is 1. The van der Waals surface area contributed by atoms with Gasteiger partial charge in [-0.3, -0.25) is 0 Å². The van der Waals surface area contributed by atoms with Gasteiger partial charge in [0.1, 0.15) is 18.1 Å². The number of rotatable bonds is 3. The molecule has 1 heterocycles. The summed E-state index contributed by atoms with van der Waals surface area (Å²) in [6.07, 6.45) is -0.227. The van der Waals surface area contributed by atoms with Crippen LogP contribution in [0.2, 0.25) is 5.15 Å². The monoisotopic (exact) mass is 230 g/mol. The summed E-state index contributed by atoms with van der Waals surface area (Å²) < 4.78 is 0. The van der Waals surface area contributed by atoms with Gasteiger partial charge in [-0.25, -0.2) is 15.8 Å². The zero-order valence-electron chi connectivity index (χ0n) is 7.90. The lowest BCUT2D eigenvalue weighted by molar-refractivity contribution is -0.246. The summed E-state index contributed by atoms with van der Waals surface area (Å²) in [5, 5.41) is 10.8. The quantitative estimate of drug-likeness (QED) is 0.415. The van der Waals surface area contributed by atoms with E-state index in [4.69, 9.17) is 17.4 Å². The van der Waals surface area contributed by atoms with Crippen molar-refractivity contribution in [2.45, 2.75) is 6.92 Å². The number of hydrogen-bond acceptors (Lipinski definition) is 6. The Bertz CT molecular complexity index is 372. The van der Waals surface area contributed by atoms with E-state index in [0.29, 0.717) is 0 Å². The topological polar surface area (TPSA) is 107 Å². The predicted octanol–water partition coefficient (Wildman–Crippen LogP) is -0.415. The van der Waals surface area contributed by atoms with Gasteiger partial charge >= 0.3 is 0 Å². The van der Waals surface area contributed by atoms with Crippen LogP contribution in [-0.2, 0) is 0 Å². The molecule has 0 spiro atoms. The van der Waals surface area contributed by atoms with Crippen molar-refractivity contribution in [1.29, 1.82) is 0 Å². The molecule has 7 nitrogen and oxygen atoms in total. The first-order chi connectivity index (χ1) is 7.11. The van der Waals surface area contributed by atoms with Gasteiger partial charge in [-0.15, -0.1) is 0 Å². The van der Waals surface area contributed by atoms with Crippen LogP contribution in [0.1, 0.15) is 6.92 Å². The van der Waals surface area contributed by atoms with Crippen LogP contribution in [0.4, 0.5) is 16.3 Å². The lowest BCUT2D eigenvalue weighted by Crippen LogP contribution is -2.42. The summed E-state index contributed by atoms with van der Waals surface area (Å²) in [6, 6.07) is 0. The maximum absolute atomic E-state index is 10.8. The Morgan fingerprint density at radius 1 is 1.73 bits per heavy atom. The number of nitrogen functional groups attached to an aromatic ring is 1. The number of nitrogens with two attached hydrogens (primary N) is 1. The second-order valence-electron chi connectivity index (χ2n) is 2.52. The van der Waals surface area contributed by atoms with Gasteiger partial charge in [-0.1, -0.05) is 11.6 Å². The van der Waals surface area contributed by atoms with Gasteiger partial charge in [0.05, 0.1) is 0 Å². The smallest absolute Gasteiger partial charge is 0.169 e. The maximum atomic E-state index is 10.8. The molecule has 0 saturated heterocycles. The minimum atomic E-state index is -1.40. The van der Waals surface area contributed by atoms with Crippen LogP contribution >= 0.6 is 11.6 Å². The first-order valence-corrected chi connectivity index (χ1v) is 4.45. The van der Waals surface area contributed by atoms with Crippen molar-refractivity contribution >= 4 is 29.2 Å². The van der Waals surface area contributed by atoms with Crippen molar-refractivity contribution in [2.75, 3.05) is 16.9 Å². The zero-order chi connectivity index (χ0) is 11.4. The molecule has 0 aliphatic rings. The predicted molar refractivity (Wildman–Crippen MR) is 53.3 cm³/mol. The van der Waals surface area contributed by atoms with Crippen molar-refractivity contribution in [3.8, 4) is 0 Å². The summed E-state index contributed by atoms with van der Waals surface area (Å²) >= 11 is 5.75. The Labute approximate surface area is 90.8 Å². The number of nitrogens with zero attached hydrogens (tertiary/aromatic N) is 3. The molecule has 15 heavy (non-hydrogen) atoms. The third kappa shape index (κ3) is 2.25. The number of carbonyl (C=O) groups excluding carboxylic acids is 1. The highest BCUT2D eigenvalue weighted by Gasteiger charge is 2.16. The SMILES string of the molecule is CCN(C(=O)[O-])c1c(Cl)ncnc1NN. The minimum absolute atomic E-state index is 0.0102. The van der Waals surface area contributed by atoms with Crippen LogP contribution in [0.5, 0.6) is 0 Å². The number of aromatic nitrogens is 2. The molecular formula is C7H9ClN5O2-. The van der Waals surface area contributed by atoms with E-state index in [-0.39, 0.29) is 23.2 Å². The van der Waals surface area contributed by atoms with Crippen LogP contribution in [0, 0.1) is 0 Å². The highest BCUT2D eigenvalue weighted by molar-refractivity contribution is 6.33. The Hall–Kier alpha value is -1.60. The van der Waals surface area contributed by atoms with Crippen LogP contribution in [0.15, 0.2) is 6.33 Å². The van der Waals surface area contributed by atoms with Gasteiger partial charge in [0, 0.05) is 6.54 Å². The molecule has 0 aromatic carbocycles. The number of hydrogen-bond donors (Lipinski definition) is 2. The lowest BCUT2D eigenvalue weighted by atomic mass is 10.4. The van der Waals surface area contributed by atoms with Crippen molar-refractivity contribution in [3.05, 3.63) is 11.5 Å². The molecule has 1 aromatic heterocycles. The summed E-state index contributed by atoms with van der Waals surface area (Å²) in [7, 11) is 0. The molecule has 0 bridgehead atoms. The average Bonchev–Trinajstić information content (AvgIpc) is 2.21. The number of amides is 1. The Morgan fingerprint density at radius 2 is 2.40 bits per heavy atom. The van der Waals surface area contributed by atoms with E-state index in [1.807, 2.05) is 0 Å². The second kappa shape index (κ2) is 4.76. The number of carbonyl (C=O) groups is 1. The normalized spacial score (nSPS) is 9.80. The second-order valence-corrected chi connectivity index (χ2v) is 2.87. The minimum Gasteiger partial charge on any atom is -0.530 e. The first-order valence-electron chi connectivity index (χ1n) is 4.07. The van der Waals surface area contributed by atoms with Gasteiger partial charge in [0.25, 0.3) is 0 Å². The van der Waals surface area contributed by atoms with Crippen LogP contribution in [0.25, 0.3) is 0 Å². The highest BCUT2D eigenvalue weighted by atomic mass is 35.5. The fourth-order valence-electron chi connectivity index (χ4n) is 1.08. The first kappa shape index (κ1) is 11.5. The Morgan fingerprint density at radius 3 is 2.87 bits per heavy atom. The van der Waals surface area contributed by atoms with Crippen LogP contribution in [-0.4, -0.2) is 22.6 Å². The molecule has 0 radical (unpaired) electrons. The summed E-state index contributed by atoms with van der Waals surface area (Å²) in [6.45, 7) is 1.78. The molecular weight excluding hydrogens is 222 g/mol. The van der Waals surface area contributed by atoms with E-state index in [1.54, 1.807) is 6.92 Å². The van der Waals surface area contributed by atoms with Crippen molar-refractivity contribution in [3.63, 3.8) is 0 Å². The lowest BCUT2D eigenvalue weighted by Gasteiger charge is -2.25. The van der Waals surface area contributed by atoms with E-state index < -0.39 is 6.09 Å². The van der Waals surface area contributed by atoms with Crippen molar-refractivity contribution < 1.29 is 9.90 Å². The third-order valence-corrected chi connectivity index (χ3v) is 2.00. The fraction of sp³-hybridized carbons (Fsp3) is 0.286. The molecule has 0 unspecified atom stereocenters. The molecule has 0 saturated carbocycles. The summed E-state index contributed by atoms with van der Waals surface area (Å²) in [4.78, 5) is 19.1. The number of anilines is 2. The molecule has 8 heteroatoms. The maximum Gasteiger partial charge on any atom is 0.169 e. The van der Waals surface area contributed by atoms with Crippen molar-refractivity contribution in [2.24, 2.45) is 5.84 Å².